The molecule has 0 spiro atoms. The highest BCUT2D eigenvalue weighted by Gasteiger charge is 2.40. The molecule has 2 heterocycles. The number of H-pyrrole nitrogens is 1. The number of nitrogens with zero attached hydrogens (tertiary/aromatic N) is 2. The molecule has 0 atom stereocenters. The molecular formula is C15H17N3O5. The number of hydrogen-bond donors (Lipinski definition) is 3. The normalized spacial score (nSPS) is 17.4. The van der Waals surface area contributed by atoms with Crippen LogP contribution in [0.4, 0.5) is 0 Å². The summed E-state index contributed by atoms with van der Waals surface area (Å²) in [5.41, 5.74) is -0.319. The van der Waals surface area contributed by atoms with E-state index in [4.69, 9.17) is 5.11 Å². The van der Waals surface area contributed by atoms with Crippen molar-refractivity contribution in [1.29, 1.82) is 0 Å². The van der Waals surface area contributed by atoms with Gasteiger partial charge in [-0.15, -0.1) is 0 Å². The number of aryl methyl sites for hydroxylation is 1. The first-order chi connectivity index (χ1) is 10.8. The molecule has 0 unspecified atom stereocenters. The smallest absolute Gasteiger partial charge is 0.335 e. The number of amides is 1. The van der Waals surface area contributed by atoms with E-state index in [1.807, 2.05) is 0 Å². The molecule has 1 amide bonds. The van der Waals surface area contributed by atoms with E-state index in [-0.39, 0.29) is 37.5 Å². The van der Waals surface area contributed by atoms with Gasteiger partial charge in [0.05, 0.1) is 11.0 Å². The van der Waals surface area contributed by atoms with Gasteiger partial charge in [0.2, 0.25) is 0 Å². The number of benzene rings is 1. The van der Waals surface area contributed by atoms with Gasteiger partial charge in [-0.1, -0.05) is 0 Å². The van der Waals surface area contributed by atoms with E-state index in [1.54, 1.807) is 25.2 Å². The van der Waals surface area contributed by atoms with Crippen molar-refractivity contribution in [3.8, 4) is 0 Å². The van der Waals surface area contributed by atoms with Crippen LogP contribution in [0.1, 0.15) is 23.2 Å². The topological polar surface area (TPSA) is 116 Å². The zero-order valence-electron chi connectivity index (χ0n) is 12.6. The number of nitrogens with one attached hydrogen (secondary N) is 1. The Labute approximate surface area is 130 Å². The average molecular weight is 319 g/mol. The minimum Gasteiger partial charge on any atom is -0.479 e. The maximum atomic E-state index is 12.5. The quantitative estimate of drug-likeness (QED) is 0.716. The lowest BCUT2D eigenvalue weighted by atomic mass is 9.91. The van der Waals surface area contributed by atoms with Gasteiger partial charge in [0.15, 0.2) is 5.60 Å². The third-order valence-electron chi connectivity index (χ3n) is 4.43. The van der Waals surface area contributed by atoms with Crippen LogP contribution in [0.3, 0.4) is 0 Å². The molecular weight excluding hydrogens is 302 g/mol. The van der Waals surface area contributed by atoms with Gasteiger partial charge in [-0.2, -0.15) is 0 Å². The van der Waals surface area contributed by atoms with Crippen molar-refractivity contribution in [2.75, 3.05) is 13.1 Å². The third kappa shape index (κ3) is 2.50. The number of aromatic nitrogens is 2. The number of aliphatic hydroxyl groups is 1. The summed E-state index contributed by atoms with van der Waals surface area (Å²) in [6.45, 7) is 0.345. The molecule has 1 fully saturated rings. The number of fused-ring (bicyclic) bond motifs is 1. The number of carboxylic acids is 1. The Balaban J connectivity index is 1.83. The van der Waals surface area contributed by atoms with E-state index < -0.39 is 11.6 Å². The van der Waals surface area contributed by atoms with Gasteiger partial charge in [-0.05, 0) is 18.2 Å². The minimum absolute atomic E-state index is 0.00103. The van der Waals surface area contributed by atoms with Crippen LogP contribution in [0.25, 0.3) is 11.0 Å². The lowest BCUT2D eigenvalue weighted by molar-refractivity contribution is -0.162. The molecule has 1 aromatic carbocycles. The maximum Gasteiger partial charge on any atom is 0.335 e. The molecule has 8 nitrogen and oxygen atoms in total. The van der Waals surface area contributed by atoms with Crippen molar-refractivity contribution in [3.63, 3.8) is 0 Å². The van der Waals surface area contributed by atoms with Crippen LogP contribution in [-0.4, -0.2) is 55.2 Å². The Morgan fingerprint density at radius 2 is 1.91 bits per heavy atom. The molecule has 1 aliphatic heterocycles. The minimum atomic E-state index is -1.76. The molecule has 1 aromatic heterocycles. The van der Waals surface area contributed by atoms with Crippen LogP contribution < -0.4 is 5.69 Å². The van der Waals surface area contributed by atoms with Gasteiger partial charge in [0, 0.05) is 38.5 Å². The van der Waals surface area contributed by atoms with E-state index in [9.17, 15) is 19.5 Å². The van der Waals surface area contributed by atoms with Crippen molar-refractivity contribution in [2.24, 2.45) is 7.05 Å². The molecule has 1 saturated heterocycles. The predicted molar refractivity (Wildman–Crippen MR) is 81.3 cm³/mol. The van der Waals surface area contributed by atoms with Gasteiger partial charge in [0.25, 0.3) is 5.91 Å². The van der Waals surface area contributed by atoms with Gasteiger partial charge in [-0.25, -0.2) is 9.59 Å². The second kappa shape index (κ2) is 5.24. The molecule has 3 N–H and O–H groups in total. The first-order valence-corrected chi connectivity index (χ1v) is 7.26. The lowest BCUT2D eigenvalue weighted by Crippen LogP contribution is -2.50. The van der Waals surface area contributed by atoms with Crippen molar-refractivity contribution < 1.29 is 19.8 Å². The highest BCUT2D eigenvalue weighted by molar-refractivity contribution is 5.97. The zero-order chi connectivity index (χ0) is 16.8. The number of rotatable bonds is 2. The lowest BCUT2D eigenvalue weighted by Gasteiger charge is -2.35. The molecule has 0 radical (unpaired) electrons. The molecule has 0 aliphatic carbocycles. The van der Waals surface area contributed by atoms with Crippen LogP contribution in [0.2, 0.25) is 0 Å². The van der Waals surface area contributed by atoms with E-state index in [0.29, 0.717) is 16.6 Å². The fourth-order valence-corrected chi connectivity index (χ4v) is 2.83. The largest absolute Gasteiger partial charge is 0.479 e. The monoisotopic (exact) mass is 319 g/mol. The second-order valence-corrected chi connectivity index (χ2v) is 5.85. The summed E-state index contributed by atoms with van der Waals surface area (Å²) >= 11 is 0. The van der Waals surface area contributed by atoms with Crippen LogP contribution in [-0.2, 0) is 11.8 Å². The Kier molecular flexibility index (Phi) is 3.48. The SMILES string of the molecule is Cn1c(=O)[nH]c2ccc(C(=O)N3CCC(O)(C(=O)O)CC3)cc21. The number of aliphatic carboxylic acids is 1. The average Bonchev–Trinajstić information content (AvgIpc) is 2.82. The molecule has 0 saturated carbocycles. The summed E-state index contributed by atoms with van der Waals surface area (Å²) in [6.07, 6.45) is -0.00207. The Morgan fingerprint density at radius 1 is 1.26 bits per heavy atom. The summed E-state index contributed by atoms with van der Waals surface area (Å²) in [5.74, 6) is -1.50. The fraction of sp³-hybridized carbons (Fsp3) is 0.400. The highest BCUT2D eigenvalue weighted by atomic mass is 16.4. The summed E-state index contributed by atoms with van der Waals surface area (Å²) in [7, 11) is 1.61. The van der Waals surface area contributed by atoms with Crippen molar-refractivity contribution in [3.05, 3.63) is 34.2 Å². The fourth-order valence-electron chi connectivity index (χ4n) is 2.83. The number of piperidine rings is 1. The van der Waals surface area contributed by atoms with E-state index in [2.05, 4.69) is 4.98 Å². The molecule has 0 bridgehead atoms. The van der Waals surface area contributed by atoms with Crippen molar-refractivity contribution >= 4 is 22.9 Å². The van der Waals surface area contributed by atoms with Crippen molar-refractivity contribution in [2.45, 2.75) is 18.4 Å². The Hall–Kier alpha value is -2.61. The summed E-state index contributed by atoms with van der Waals surface area (Å²) in [4.78, 5) is 39.3. The summed E-state index contributed by atoms with van der Waals surface area (Å²) in [6, 6.07) is 4.92. The van der Waals surface area contributed by atoms with Crippen LogP contribution in [0.15, 0.2) is 23.0 Å². The standard InChI is InChI=1S/C15H17N3O5/c1-17-11-8-9(2-3-10(11)16-14(17)22)12(19)18-6-4-15(23,5-7-18)13(20)21/h2-3,8,23H,4-7H2,1H3,(H,16,22)(H,20,21). The zero-order valence-corrected chi connectivity index (χ0v) is 12.6. The molecule has 23 heavy (non-hydrogen) atoms. The molecule has 3 rings (SSSR count). The first-order valence-electron chi connectivity index (χ1n) is 7.26. The first kappa shape index (κ1) is 15.3. The molecule has 2 aromatic rings. The Bertz CT molecular complexity index is 842. The van der Waals surface area contributed by atoms with E-state index >= 15 is 0 Å². The molecule has 1 aliphatic rings. The number of imidazole rings is 1. The summed E-state index contributed by atoms with van der Waals surface area (Å²) < 4.78 is 1.42. The Morgan fingerprint density at radius 3 is 2.52 bits per heavy atom. The van der Waals surface area contributed by atoms with Crippen molar-refractivity contribution in [1.82, 2.24) is 14.5 Å². The molecule has 122 valence electrons. The van der Waals surface area contributed by atoms with Crippen LogP contribution >= 0.6 is 0 Å². The second-order valence-electron chi connectivity index (χ2n) is 5.85. The number of carbonyl (C=O) groups excluding carboxylic acids is 1. The number of carbonyl (C=O) groups is 2. The third-order valence-corrected chi connectivity index (χ3v) is 4.43. The summed E-state index contributed by atoms with van der Waals surface area (Å²) in [5, 5.41) is 18.9. The van der Waals surface area contributed by atoms with Gasteiger partial charge in [0.1, 0.15) is 0 Å². The maximum absolute atomic E-state index is 12.5. The van der Waals surface area contributed by atoms with Crippen LogP contribution in [0, 0.1) is 0 Å². The van der Waals surface area contributed by atoms with E-state index in [1.165, 1.54) is 9.47 Å². The highest BCUT2D eigenvalue weighted by Crippen LogP contribution is 2.24. The number of likely N-dealkylation sites (tertiary alicyclic amines) is 1. The van der Waals surface area contributed by atoms with Gasteiger partial charge >= 0.3 is 11.7 Å². The van der Waals surface area contributed by atoms with Gasteiger partial charge in [-0.3, -0.25) is 9.36 Å². The van der Waals surface area contributed by atoms with E-state index in [0.717, 1.165) is 0 Å². The predicted octanol–water partition coefficient (Wildman–Crippen LogP) is -0.0817. The molecule has 8 heteroatoms. The van der Waals surface area contributed by atoms with Gasteiger partial charge < -0.3 is 20.1 Å². The number of aromatic amines is 1. The van der Waals surface area contributed by atoms with Crippen LogP contribution in [0.5, 0.6) is 0 Å². The number of hydrogen-bond acceptors (Lipinski definition) is 4. The number of carboxylic acid groups (broad SMARTS) is 1.